The molecular weight excluding hydrogens is 240 g/mol. The van der Waals surface area contributed by atoms with Crippen LogP contribution in [0.1, 0.15) is 46.0 Å². The van der Waals surface area contributed by atoms with Crippen molar-refractivity contribution in [2.24, 2.45) is 5.92 Å². The molecule has 0 aromatic carbocycles. The van der Waals surface area contributed by atoms with Crippen LogP contribution in [0.2, 0.25) is 0 Å². The fourth-order valence-corrected chi connectivity index (χ4v) is 6.03. The molecular formula is C12H22O2S2. The van der Waals surface area contributed by atoms with Gasteiger partial charge in [0.15, 0.2) is 0 Å². The number of hydrogen-bond donors (Lipinski definition) is 1. The van der Waals surface area contributed by atoms with Crippen LogP contribution in [-0.4, -0.2) is 26.7 Å². The number of rotatable bonds is 6. The molecule has 1 rings (SSSR count). The van der Waals surface area contributed by atoms with Crippen LogP contribution in [0, 0.1) is 5.92 Å². The van der Waals surface area contributed by atoms with Crippen molar-refractivity contribution in [3.8, 4) is 0 Å². The van der Waals surface area contributed by atoms with Crippen LogP contribution in [0.3, 0.4) is 0 Å². The summed E-state index contributed by atoms with van der Waals surface area (Å²) >= 11 is 3.95. The van der Waals surface area contributed by atoms with Crippen LogP contribution >= 0.6 is 23.5 Å². The standard InChI is InChI=1S/C12H22O2S2/c1-3-15-12(16-4-2)8-6-5-7-10(12)9-11(13)14/h10H,3-9H2,1-2H3,(H,13,14). The molecule has 1 saturated carbocycles. The molecule has 1 aliphatic rings. The highest BCUT2D eigenvalue weighted by atomic mass is 32.2. The molecule has 0 aliphatic heterocycles. The average molecular weight is 262 g/mol. The molecule has 1 N–H and O–H groups in total. The van der Waals surface area contributed by atoms with E-state index in [1.807, 2.05) is 23.5 Å². The number of carboxylic acids is 1. The van der Waals surface area contributed by atoms with Crippen LogP contribution in [-0.2, 0) is 4.79 Å². The van der Waals surface area contributed by atoms with Crippen LogP contribution in [0.15, 0.2) is 0 Å². The van der Waals surface area contributed by atoms with Crippen LogP contribution in [0.5, 0.6) is 0 Å². The summed E-state index contributed by atoms with van der Waals surface area (Å²) in [4.78, 5) is 10.9. The molecule has 0 aromatic heterocycles. The molecule has 94 valence electrons. The fourth-order valence-electron chi connectivity index (χ4n) is 2.56. The number of aliphatic carboxylic acids is 1. The zero-order valence-corrected chi connectivity index (χ0v) is 11.8. The van der Waals surface area contributed by atoms with E-state index in [1.54, 1.807) is 0 Å². The lowest BCUT2D eigenvalue weighted by Gasteiger charge is -2.42. The van der Waals surface area contributed by atoms with Gasteiger partial charge in [0.05, 0.1) is 10.5 Å². The number of hydrogen-bond acceptors (Lipinski definition) is 3. The third kappa shape index (κ3) is 3.59. The van der Waals surface area contributed by atoms with Gasteiger partial charge in [-0.25, -0.2) is 0 Å². The highest BCUT2D eigenvalue weighted by Gasteiger charge is 2.41. The first-order valence-corrected chi connectivity index (χ1v) is 8.11. The Kier molecular flexibility index (Phi) is 6.05. The van der Waals surface area contributed by atoms with E-state index in [0.29, 0.717) is 12.3 Å². The number of thioether (sulfide) groups is 2. The third-order valence-electron chi connectivity index (χ3n) is 3.15. The molecule has 0 bridgehead atoms. The van der Waals surface area contributed by atoms with Crippen LogP contribution in [0.25, 0.3) is 0 Å². The Morgan fingerprint density at radius 1 is 1.31 bits per heavy atom. The predicted molar refractivity (Wildman–Crippen MR) is 73.2 cm³/mol. The Balaban J connectivity index is 2.76. The van der Waals surface area contributed by atoms with Crippen molar-refractivity contribution in [3.05, 3.63) is 0 Å². The van der Waals surface area contributed by atoms with Crippen LogP contribution in [0.4, 0.5) is 0 Å². The first-order chi connectivity index (χ1) is 7.64. The van der Waals surface area contributed by atoms with Gasteiger partial charge < -0.3 is 5.11 Å². The Hall–Kier alpha value is 0.170. The maximum atomic E-state index is 10.9. The van der Waals surface area contributed by atoms with Crippen molar-refractivity contribution in [2.45, 2.75) is 50.0 Å². The van der Waals surface area contributed by atoms with E-state index < -0.39 is 5.97 Å². The summed E-state index contributed by atoms with van der Waals surface area (Å²) in [5.74, 6) is 1.89. The molecule has 0 saturated heterocycles. The highest BCUT2D eigenvalue weighted by Crippen LogP contribution is 2.52. The van der Waals surface area contributed by atoms with Crippen molar-refractivity contribution in [1.29, 1.82) is 0 Å². The van der Waals surface area contributed by atoms with Gasteiger partial charge in [-0.05, 0) is 30.3 Å². The lowest BCUT2D eigenvalue weighted by Crippen LogP contribution is -2.36. The second-order valence-electron chi connectivity index (χ2n) is 4.22. The van der Waals surface area contributed by atoms with E-state index >= 15 is 0 Å². The van der Waals surface area contributed by atoms with Crippen molar-refractivity contribution >= 4 is 29.5 Å². The summed E-state index contributed by atoms with van der Waals surface area (Å²) in [7, 11) is 0. The molecule has 1 fully saturated rings. The van der Waals surface area contributed by atoms with E-state index in [1.165, 1.54) is 19.3 Å². The van der Waals surface area contributed by atoms with Gasteiger partial charge in [0.1, 0.15) is 0 Å². The van der Waals surface area contributed by atoms with E-state index in [0.717, 1.165) is 17.9 Å². The second-order valence-corrected chi connectivity index (χ2v) is 7.67. The minimum absolute atomic E-state index is 0.181. The highest BCUT2D eigenvalue weighted by molar-refractivity contribution is 8.18. The van der Waals surface area contributed by atoms with Crippen molar-refractivity contribution in [2.75, 3.05) is 11.5 Å². The minimum Gasteiger partial charge on any atom is -0.481 e. The molecule has 0 heterocycles. The third-order valence-corrected chi connectivity index (χ3v) is 6.48. The summed E-state index contributed by atoms with van der Waals surface area (Å²) in [5.41, 5.74) is 0. The zero-order valence-electron chi connectivity index (χ0n) is 10.2. The minimum atomic E-state index is -0.635. The second kappa shape index (κ2) is 6.80. The van der Waals surface area contributed by atoms with Crippen molar-refractivity contribution < 1.29 is 9.90 Å². The van der Waals surface area contributed by atoms with Gasteiger partial charge in [-0.3, -0.25) is 4.79 Å². The van der Waals surface area contributed by atoms with E-state index in [4.69, 9.17) is 5.11 Å². The molecule has 0 radical (unpaired) electrons. The Morgan fingerprint density at radius 2 is 1.94 bits per heavy atom. The first-order valence-electron chi connectivity index (χ1n) is 6.14. The topological polar surface area (TPSA) is 37.3 Å². The number of carbonyl (C=O) groups is 1. The van der Waals surface area contributed by atoms with Gasteiger partial charge in [0.2, 0.25) is 0 Å². The molecule has 0 spiro atoms. The summed E-state index contributed by atoms with van der Waals surface area (Å²) < 4.78 is 0.181. The molecule has 2 nitrogen and oxygen atoms in total. The number of carboxylic acid groups (broad SMARTS) is 1. The van der Waals surface area contributed by atoms with Crippen molar-refractivity contribution in [3.63, 3.8) is 0 Å². The Morgan fingerprint density at radius 3 is 2.44 bits per heavy atom. The molecule has 1 aliphatic carbocycles. The van der Waals surface area contributed by atoms with Gasteiger partial charge in [-0.15, -0.1) is 23.5 Å². The predicted octanol–water partition coefficient (Wildman–Crippen LogP) is 3.85. The fraction of sp³-hybridized carbons (Fsp3) is 0.917. The molecule has 0 amide bonds. The molecule has 16 heavy (non-hydrogen) atoms. The van der Waals surface area contributed by atoms with Gasteiger partial charge in [-0.1, -0.05) is 26.7 Å². The Bertz CT molecular complexity index is 220. The molecule has 1 atom stereocenters. The quantitative estimate of drug-likeness (QED) is 0.738. The smallest absolute Gasteiger partial charge is 0.303 e. The maximum Gasteiger partial charge on any atom is 0.303 e. The Labute approximate surface area is 107 Å². The van der Waals surface area contributed by atoms with Crippen molar-refractivity contribution in [1.82, 2.24) is 0 Å². The molecule has 0 aromatic rings. The summed E-state index contributed by atoms with van der Waals surface area (Å²) in [6, 6.07) is 0. The maximum absolute atomic E-state index is 10.9. The van der Waals surface area contributed by atoms with Gasteiger partial charge in [0.25, 0.3) is 0 Å². The summed E-state index contributed by atoms with van der Waals surface area (Å²) in [5, 5.41) is 9.02. The lowest BCUT2D eigenvalue weighted by atomic mass is 9.86. The van der Waals surface area contributed by atoms with Gasteiger partial charge in [-0.2, -0.15) is 0 Å². The SMILES string of the molecule is CCSC1(SCC)CCCCC1CC(=O)O. The van der Waals surface area contributed by atoms with E-state index in [9.17, 15) is 4.79 Å². The molecule has 4 heteroatoms. The lowest BCUT2D eigenvalue weighted by molar-refractivity contribution is -0.138. The van der Waals surface area contributed by atoms with E-state index in [2.05, 4.69) is 13.8 Å². The normalized spacial score (nSPS) is 24.2. The first kappa shape index (κ1) is 14.2. The largest absolute Gasteiger partial charge is 0.481 e. The average Bonchev–Trinajstić information content (AvgIpc) is 2.22. The summed E-state index contributed by atoms with van der Waals surface area (Å²) in [6.07, 6.45) is 5.08. The molecule has 1 unspecified atom stereocenters. The van der Waals surface area contributed by atoms with Gasteiger partial charge in [0, 0.05) is 0 Å². The zero-order chi connectivity index (χ0) is 12.0. The van der Waals surface area contributed by atoms with E-state index in [-0.39, 0.29) is 4.08 Å². The van der Waals surface area contributed by atoms with Crippen LogP contribution < -0.4 is 0 Å². The van der Waals surface area contributed by atoms with Gasteiger partial charge >= 0.3 is 5.97 Å². The summed E-state index contributed by atoms with van der Waals surface area (Å²) in [6.45, 7) is 4.35. The monoisotopic (exact) mass is 262 g/mol.